The molecule has 0 spiro atoms. The zero-order valence-electron chi connectivity index (χ0n) is 10.8. The number of benzene rings is 1. The molecule has 1 atom stereocenters. The van der Waals surface area contributed by atoms with E-state index in [1.807, 2.05) is 0 Å². The van der Waals surface area contributed by atoms with Gasteiger partial charge in [0.2, 0.25) is 0 Å². The van der Waals surface area contributed by atoms with Gasteiger partial charge < -0.3 is 9.84 Å². The highest BCUT2D eigenvalue weighted by Crippen LogP contribution is 2.33. The summed E-state index contributed by atoms with van der Waals surface area (Å²) in [6.45, 7) is 1.04. The van der Waals surface area contributed by atoms with Crippen LogP contribution in [-0.2, 0) is 4.74 Å². The second-order valence-electron chi connectivity index (χ2n) is 4.76. The maximum atomic E-state index is 14.2. The Bertz CT molecular complexity index is 672. The van der Waals surface area contributed by atoms with E-state index in [2.05, 4.69) is 4.98 Å². The lowest BCUT2D eigenvalue weighted by Gasteiger charge is -2.10. The number of ether oxygens (including phenoxy) is 1. The van der Waals surface area contributed by atoms with Crippen LogP contribution >= 0.6 is 11.3 Å². The molecule has 0 aliphatic carbocycles. The summed E-state index contributed by atoms with van der Waals surface area (Å²) in [4.78, 5) is 14.5. The van der Waals surface area contributed by atoms with Gasteiger partial charge in [0.05, 0.1) is 12.2 Å². The highest BCUT2D eigenvalue weighted by atomic mass is 32.1. The standard InChI is InChI=1S/C14H11F2NO3S/c15-9-3-8(7-1-2-20-5-7)4-10(16)12(9)13-17-11(6-21-13)14(18)19/h3-4,6-7H,1-2,5H2,(H,18,19). The molecule has 1 unspecified atom stereocenters. The van der Waals surface area contributed by atoms with Crippen molar-refractivity contribution in [3.05, 3.63) is 40.4 Å². The minimum Gasteiger partial charge on any atom is -0.476 e. The van der Waals surface area contributed by atoms with Gasteiger partial charge in [0, 0.05) is 17.9 Å². The van der Waals surface area contributed by atoms with Crippen molar-refractivity contribution in [2.45, 2.75) is 12.3 Å². The third-order valence-electron chi connectivity index (χ3n) is 3.40. The first-order chi connectivity index (χ1) is 10.1. The minimum absolute atomic E-state index is 0.00562. The van der Waals surface area contributed by atoms with E-state index in [4.69, 9.17) is 9.84 Å². The number of thiazole rings is 1. The van der Waals surface area contributed by atoms with Crippen LogP contribution in [0.3, 0.4) is 0 Å². The van der Waals surface area contributed by atoms with Gasteiger partial charge in [0.1, 0.15) is 16.6 Å². The van der Waals surface area contributed by atoms with E-state index in [0.717, 1.165) is 17.8 Å². The number of carboxylic acids is 1. The monoisotopic (exact) mass is 311 g/mol. The molecular weight excluding hydrogens is 300 g/mol. The summed E-state index contributed by atoms with van der Waals surface area (Å²) in [7, 11) is 0. The van der Waals surface area contributed by atoms with Crippen LogP contribution in [0.25, 0.3) is 10.6 Å². The molecule has 21 heavy (non-hydrogen) atoms. The summed E-state index contributed by atoms with van der Waals surface area (Å²) in [5, 5.41) is 10.1. The Morgan fingerprint density at radius 3 is 2.62 bits per heavy atom. The molecule has 1 saturated heterocycles. The number of carboxylic acid groups (broad SMARTS) is 1. The van der Waals surface area contributed by atoms with E-state index in [1.165, 1.54) is 17.5 Å². The molecule has 110 valence electrons. The van der Waals surface area contributed by atoms with E-state index in [9.17, 15) is 13.6 Å². The van der Waals surface area contributed by atoms with Gasteiger partial charge in [-0.3, -0.25) is 0 Å². The van der Waals surface area contributed by atoms with Crippen molar-refractivity contribution in [3.8, 4) is 10.6 Å². The lowest BCUT2D eigenvalue weighted by atomic mass is 9.97. The van der Waals surface area contributed by atoms with Gasteiger partial charge in [-0.2, -0.15) is 0 Å². The van der Waals surface area contributed by atoms with E-state index in [1.54, 1.807) is 0 Å². The Labute approximate surface area is 123 Å². The number of hydrogen-bond acceptors (Lipinski definition) is 4. The highest BCUT2D eigenvalue weighted by Gasteiger charge is 2.23. The summed E-state index contributed by atoms with van der Waals surface area (Å²) in [5.41, 5.74) is 0.0542. The quantitative estimate of drug-likeness (QED) is 0.945. The van der Waals surface area contributed by atoms with Gasteiger partial charge in [-0.05, 0) is 24.1 Å². The molecule has 2 aromatic rings. The van der Waals surface area contributed by atoms with Crippen LogP contribution in [0, 0.1) is 11.6 Å². The molecular formula is C14H11F2NO3S. The van der Waals surface area contributed by atoms with Gasteiger partial charge in [-0.15, -0.1) is 11.3 Å². The minimum atomic E-state index is -1.22. The molecule has 0 amide bonds. The number of aromatic nitrogens is 1. The fraction of sp³-hybridized carbons (Fsp3) is 0.286. The predicted octanol–water partition coefficient (Wildman–Crippen LogP) is 3.29. The summed E-state index contributed by atoms with van der Waals surface area (Å²) >= 11 is 0.901. The SMILES string of the molecule is O=C(O)c1csc(-c2c(F)cc(C3CCOC3)cc2F)n1. The second kappa shape index (κ2) is 5.50. The van der Waals surface area contributed by atoms with Crippen molar-refractivity contribution in [2.24, 2.45) is 0 Å². The van der Waals surface area contributed by atoms with E-state index in [0.29, 0.717) is 18.8 Å². The first-order valence-corrected chi connectivity index (χ1v) is 7.20. The lowest BCUT2D eigenvalue weighted by molar-refractivity contribution is 0.0691. The molecule has 1 aromatic heterocycles. The third-order valence-corrected chi connectivity index (χ3v) is 4.26. The summed E-state index contributed by atoms with van der Waals surface area (Å²) in [6.07, 6.45) is 0.735. The Balaban J connectivity index is 2.00. The molecule has 7 heteroatoms. The van der Waals surface area contributed by atoms with E-state index >= 15 is 0 Å². The summed E-state index contributed by atoms with van der Waals surface area (Å²) in [6, 6.07) is 2.55. The zero-order valence-corrected chi connectivity index (χ0v) is 11.6. The maximum absolute atomic E-state index is 14.2. The average molecular weight is 311 g/mol. The summed E-state index contributed by atoms with van der Waals surface area (Å²) in [5.74, 6) is -2.70. The topological polar surface area (TPSA) is 59.4 Å². The van der Waals surface area contributed by atoms with Gasteiger partial charge in [0.15, 0.2) is 5.69 Å². The van der Waals surface area contributed by atoms with Crippen LogP contribution in [0.15, 0.2) is 17.5 Å². The molecule has 1 N–H and O–H groups in total. The lowest BCUT2D eigenvalue weighted by Crippen LogP contribution is -2.02. The molecule has 1 fully saturated rings. The van der Waals surface area contributed by atoms with Crippen LogP contribution in [0.1, 0.15) is 28.4 Å². The van der Waals surface area contributed by atoms with Crippen LogP contribution in [0.5, 0.6) is 0 Å². The Hall–Kier alpha value is -1.86. The van der Waals surface area contributed by atoms with Gasteiger partial charge >= 0.3 is 5.97 Å². The number of carbonyl (C=O) groups is 1. The maximum Gasteiger partial charge on any atom is 0.355 e. The van der Waals surface area contributed by atoms with Crippen LogP contribution in [0.4, 0.5) is 8.78 Å². The molecule has 2 heterocycles. The first-order valence-electron chi connectivity index (χ1n) is 6.32. The fourth-order valence-corrected chi connectivity index (χ4v) is 3.16. The number of hydrogen-bond donors (Lipinski definition) is 1. The highest BCUT2D eigenvalue weighted by molar-refractivity contribution is 7.13. The van der Waals surface area contributed by atoms with Crippen molar-refractivity contribution < 1.29 is 23.4 Å². The Morgan fingerprint density at radius 2 is 2.10 bits per heavy atom. The molecule has 1 aliphatic rings. The molecule has 3 rings (SSSR count). The number of halogens is 2. The van der Waals surface area contributed by atoms with Crippen LogP contribution < -0.4 is 0 Å². The molecule has 1 aromatic carbocycles. The van der Waals surface area contributed by atoms with Gasteiger partial charge in [-0.1, -0.05) is 0 Å². The van der Waals surface area contributed by atoms with Crippen molar-refractivity contribution in [2.75, 3.05) is 13.2 Å². The van der Waals surface area contributed by atoms with Crippen molar-refractivity contribution in [3.63, 3.8) is 0 Å². The van der Waals surface area contributed by atoms with E-state index < -0.39 is 17.6 Å². The molecule has 4 nitrogen and oxygen atoms in total. The normalized spacial score (nSPS) is 18.1. The van der Waals surface area contributed by atoms with E-state index in [-0.39, 0.29) is 22.2 Å². The number of aromatic carboxylic acids is 1. The Kier molecular flexibility index (Phi) is 3.69. The zero-order chi connectivity index (χ0) is 15.0. The largest absolute Gasteiger partial charge is 0.476 e. The third kappa shape index (κ3) is 2.66. The van der Waals surface area contributed by atoms with Crippen LogP contribution in [0.2, 0.25) is 0 Å². The predicted molar refractivity (Wildman–Crippen MR) is 72.6 cm³/mol. The molecule has 1 aliphatic heterocycles. The number of nitrogens with zero attached hydrogens (tertiary/aromatic N) is 1. The molecule has 0 saturated carbocycles. The second-order valence-corrected chi connectivity index (χ2v) is 5.62. The fourth-order valence-electron chi connectivity index (χ4n) is 2.32. The first kappa shape index (κ1) is 14.1. The smallest absolute Gasteiger partial charge is 0.355 e. The van der Waals surface area contributed by atoms with Gasteiger partial charge in [0.25, 0.3) is 0 Å². The molecule has 0 radical (unpaired) electrons. The van der Waals surface area contributed by atoms with Crippen molar-refractivity contribution in [1.29, 1.82) is 0 Å². The summed E-state index contributed by atoms with van der Waals surface area (Å²) < 4.78 is 33.6. The van der Waals surface area contributed by atoms with Crippen molar-refractivity contribution in [1.82, 2.24) is 4.98 Å². The number of rotatable bonds is 3. The Morgan fingerprint density at radius 1 is 1.38 bits per heavy atom. The van der Waals surface area contributed by atoms with Crippen LogP contribution in [-0.4, -0.2) is 29.3 Å². The van der Waals surface area contributed by atoms with Gasteiger partial charge in [-0.25, -0.2) is 18.6 Å². The van der Waals surface area contributed by atoms with Crippen molar-refractivity contribution >= 4 is 17.3 Å². The average Bonchev–Trinajstić information content (AvgIpc) is 3.09. The molecule has 0 bridgehead atoms.